The van der Waals surface area contributed by atoms with Crippen LogP contribution in [0.15, 0.2) is 12.1 Å². The maximum absolute atomic E-state index is 11.7. The van der Waals surface area contributed by atoms with Crippen molar-refractivity contribution in [2.45, 2.75) is 33.1 Å². The van der Waals surface area contributed by atoms with Crippen LogP contribution in [0.4, 0.5) is 11.4 Å². The van der Waals surface area contributed by atoms with Crippen molar-refractivity contribution in [3.8, 4) is 5.75 Å². The molecule has 0 aliphatic heterocycles. The Kier molecular flexibility index (Phi) is 4.88. The average Bonchev–Trinajstić information content (AvgIpc) is 2.36. The summed E-state index contributed by atoms with van der Waals surface area (Å²) in [5.74, 6) is 0.204. The summed E-state index contributed by atoms with van der Waals surface area (Å²) in [5, 5.41) is 9.21. The summed E-state index contributed by atoms with van der Waals surface area (Å²) in [6.07, 6.45) is 0. The smallest absolute Gasteiger partial charge is 0.232 e. The van der Waals surface area contributed by atoms with E-state index in [1.807, 2.05) is 26.3 Å². The van der Waals surface area contributed by atoms with Crippen molar-refractivity contribution in [2.24, 2.45) is 0 Å². The average molecular weight is 302 g/mol. The zero-order chi connectivity index (χ0) is 15.6. The summed E-state index contributed by atoms with van der Waals surface area (Å²) in [4.78, 5) is 0. The molecule has 0 radical (unpaired) electrons. The van der Waals surface area contributed by atoms with Gasteiger partial charge in [0.25, 0.3) is 0 Å². The molecule has 1 rings (SSSR count). The molecule has 7 heteroatoms. The highest BCUT2D eigenvalue weighted by Gasteiger charge is 2.21. The Morgan fingerprint density at radius 2 is 1.80 bits per heavy atom. The molecule has 0 fully saturated rings. The summed E-state index contributed by atoms with van der Waals surface area (Å²) in [6, 6.07) is 3.44. The van der Waals surface area contributed by atoms with E-state index in [2.05, 4.69) is 4.72 Å². The molecule has 0 aromatic heterocycles. The molecular weight excluding hydrogens is 280 g/mol. The first-order valence-electron chi connectivity index (χ1n) is 6.27. The Hall–Kier alpha value is -1.47. The Bertz CT molecular complexity index is 577. The van der Waals surface area contributed by atoms with Gasteiger partial charge in [0.05, 0.1) is 18.6 Å². The lowest BCUT2D eigenvalue weighted by molar-refractivity contribution is 0.373. The van der Waals surface area contributed by atoms with E-state index in [4.69, 9.17) is 4.74 Å². The fraction of sp³-hybridized carbons (Fsp3) is 0.538. The van der Waals surface area contributed by atoms with E-state index in [1.165, 1.54) is 7.11 Å². The van der Waals surface area contributed by atoms with E-state index in [9.17, 15) is 13.6 Å². The molecule has 0 spiro atoms. The van der Waals surface area contributed by atoms with Gasteiger partial charge in [-0.05, 0) is 30.0 Å². The van der Waals surface area contributed by atoms with Crippen molar-refractivity contribution in [1.29, 1.82) is 0 Å². The topological polar surface area (TPSA) is 87.7 Å². The van der Waals surface area contributed by atoms with Gasteiger partial charge in [0.15, 0.2) is 5.75 Å². The normalized spacial score (nSPS) is 12.1. The van der Waals surface area contributed by atoms with Crippen LogP contribution in [0.2, 0.25) is 0 Å². The third kappa shape index (κ3) is 3.77. The van der Waals surface area contributed by atoms with Crippen LogP contribution in [-0.2, 0) is 15.4 Å². The fourth-order valence-electron chi connectivity index (χ4n) is 1.68. The Labute approximate surface area is 120 Å². The number of benzene rings is 1. The second-order valence-corrected chi connectivity index (χ2v) is 7.48. The van der Waals surface area contributed by atoms with Gasteiger partial charge < -0.3 is 4.74 Å². The van der Waals surface area contributed by atoms with Crippen LogP contribution in [0.3, 0.4) is 0 Å². The highest BCUT2D eigenvalue weighted by Crippen LogP contribution is 2.38. The SMILES string of the molecule is CCS(=O)(=O)Nc1cc(C(C)(C)C)cc(NO)c1OC. The number of anilines is 2. The summed E-state index contributed by atoms with van der Waals surface area (Å²) in [5.41, 5.74) is 3.32. The van der Waals surface area contributed by atoms with E-state index >= 15 is 0 Å². The molecule has 0 heterocycles. The first kappa shape index (κ1) is 16.6. The third-order valence-corrected chi connectivity index (χ3v) is 4.22. The van der Waals surface area contributed by atoms with E-state index in [0.717, 1.165) is 5.56 Å². The van der Waals surface area contributed by atoms with Gasteiger partial charge in [-0.1, -0.05) is 20.8 Å². The molecule has 0 bridgehead atoms. The molecule has 114 valence electrons. The molecule has 0 aliphatic rings. The molecule has 0 aliphatic carbocycles. The van der Waals surface area contributed by atoms with E-state index < -0.39 is 10.0 Å². The lowest BCUT2D eigenvalue weighted by atomic mass is 9.86. The highest BCUT2D eigenvalue weighted by molar-refractivity contribution is 7.92. The minimum Gasteiger partial charge on any atom is -0.492 e. The predicted molar refractivity (Wildman–Crippen MR) is 80.2 cm³/mol. The molecule has 1 aromatic rings. The third-order valence-electron chi connectivity index (χ3n) is 2.93. The molecule has 3 N–H and O–H groups in total. The minimum atomic E-state index is -3.43. The lowest BCUT2D eigenvalue weighted by Crippen LogP contribution is -2.18. The van der Waals surface area contributed by atoms with E-state index in [-0.39, 0.29) is 16.9 Å². The molecule has 0 saturated heterocycles. The molecule has 0 saturated carbocycles. The number of hydrogen-bond acceptors (Lipinski definition) is 5. The second-order valence-electron chi connectivity index (χ2n) is 5.47. The van der Waals surface area contributed by atoms with Crippen LogP contribution in [0, 0.1) is 0 Å². The number of sulfonamides is 1. The summed E-state index contributed by atoms with van der Waals surface area (Å²) in [6.45, 7) is 7.53. The Balaban J connectivity index is 3.47. The van der Waals surface area contributed by atoms with Crippen molar-refractivity contribution in [2.75, 3.05) is 23.1 Å². The fourth-order valence-corrected chi connectivity index (χ4v) is 2.31. The monoisotopic (exact) mass is 302 g/mol. The van der Waals surface area contributed by atoms with Crippen LogP contribution in [-0.4, -0.2) is 26.5 Å². The van der Waals surface area contributed by atoms with Crippen LogP contribution in [0.1, 0.15) is 33.3 Å². The standard InChI is InChI=1S/C13H22N2O4S/c1-6-20(17,18)15-11-8-9(13(2,3)4)7-10(14-16)12(11)19-5/h7-8,14-16H,6H2,1-5H3. The number of methoxy groups -OCH3 is 1. The Morgan fingerprint density at radius 3 is 2.20 bits per heavy atom. The van der Waals surface area contributed by atoms with Gasteiger partial charge in [-0.2, -0.15) is 0 Å². The van der Waals surface area contributed by atoms with Gasteiger partial charge in [-0.25, -0.2) is 8.42 Å². The molecule has 1 aromatic carbocycles. The van der Waals surface area contributed by atoms with Crippen LogP contribution < -0.4 is 14.9 Å². The summed E-state index contributed by atoms with van der Waals surface area (Å²) < 4.78 is 31.1. The van der Waals surface area contributed by atoms with Gasteiger partial charge in [-0.15, -0.1) is 0 Å². The van der Waals surface area contributed by atoms with E-state index in [0.29, 0.717) is 11.4 Å². The van der Waals surface area contributed by atoms with Crippen LogP contribution >= 0.6 is 0 Å². The predicted octanol–water partition coefficient (Wildman–Crippen LogP) is 2.56. The van der Waals surface area contributed by atoms with Gasteiger partial charge in [0.2, 0.25) is 10.0 Å². The zero-order valence-corrected chi connectivity index (χ0v) is 13.3. The van der Waals surface area contributed by atoms with Crippen molar-refractivity contribution in [1.82, 2.24) is 0 Å². The second kappa shape index (κ2) is 5.88. The summed E-state index contributed by atoms with van der Waals surface area (Å²) in [7, 11) is -2.02. The maximum atomic E-state index is 11.7. The van der Waals surface area contributed by atoms with Crippen molar-refractivity contribution in [3.63, 3.8) is 0 Å². The summed E-state index contributed by atoms with van der Waals surface area (Å²) >= 11 is 0. The highest BCUT2D eigenvalue weighted by atomic mass is 32.2. The molecule has 20 heavy (non-hydrogen) atoms. The first-order chi connectivity index (χ1) is 9.14. The van der Waals surface area contributed by atoms with E-state index in [1.54, 1.807) is 19.1 Å². The number of nitrogens with one attached hydrogen (secondary N) is 2. The maximum Gasteiger partial charge on any atom is 0.232 e. The van der Waals surface area contributed by atoms with Gasteiger partial charge in [-0.3, -0.25) is 15.4 Å². The quantitative estimate of drug-likeness (QED) is 0.728. The van der Waals surface area contributed by atoms with Crippen molar-refractivity contribution < 1.29 is 18.4 Å². The van der Waals surface area contributed by atoms with Gasteiger partial charge in [0.1, 0.15) is 5.69 Å². The number of ether oxygens (including phenoxy) is 1. The molecule has 6 nitrogen and oxygen atoms in total. The zero-order valence-electron chi connectivity index (χ0n) is 12.4. The number of hydrogen-bond donors (Lipinski definition) is 3. The van der Waals surface area contributed by atoms with Crippen LogP contribution in [0.25, 0.3) is 0 Å². The molecule has 0 amide bonds. The molecular formula is C13H22N2O4S. The largest absolute Gasteiger partial charge is 0.492 e. The van der Waals surface area contributed by atoms with Crippen LogP contribution in [0.5, 0.6) is 5.75 Å². The molecule has 0 unspecified atom stereocenters. The van der Waals surface area contributed by atoms with Gasteiger partial charge >= 0.3 is 0 Å². The Morgan fingerprint density at radius 1 is 1.25 bits per heavy atom. The lowest BCUT2D eigenvalue weighted by Gasteiger charge is -2.23. The van der Waals surface area contributed by atoms with Crippen molar-refractivity contribution >= 4 is 21.4 Å². The number of rotatable bonds is 5. The minimum absolute atomic E-state index is 0.0439. The van der Waals surface area contributed by atoms with Gasteiger partial charge in [0, 0.05) is 0 Å². The first-order valence-corrected chi connectivity index (χ1v) is 7.93. The molecule has 0 atom stereocenters. The van der Waals surface area contributed by atoms with Crippen molar-refractivity contribution in [3.05, 3.63) is 17.7 Å².